The molecule has 0 saturated heterocycles. The highest BCUT2D eigenvalue weighted by molar-refractivity contribution is 7.92. The molecule has 7 nitrogen and oxygen atoms in total. The Morgan fingerprint density at radius 2 is 1.62 bits per heavy atom. The average molecular weight is 529 g/mol. The topological polar surface area (TPSA) is 86.8 Å². The van der Waals surface area contributed by atoms with Gasteiger partial charge in [0.25, 0.3) is 0 Å². The standard InChI is InChI=1S/C24H31Cl2N3O4S/c1-6-21(24(31)27-16(2)3)28(14-18-7-9-19(25)10-8-18)23(30)15-29(34(5,32)33)22-12-11-20(26)13-17(22)4/h7-13,16,21H,6,14-15H2,1-5H3,(H,27,31)/t21-/m0/s1. The number of aryl methyl sites for hydroxylation is 1. The summed E-state index contributed by atoms with van der Waals surface area (Å²) in [6.45, 7) is 6.87. The lowest BCUT2D eigenvalue weighted by Gasteiger charge is -2.33. The number of halogens is 2. The van der Waals surface area contributed by atoms with Crippen LogP contribution in [0.15, 0.2) is 42.5 Å². The summed E-state index contributed by atoms with van der Waals surface area (Å²) in [4.78, 5) is 28.0. The van der Waals surface area contributed by atoms with E-state index >= 15 is 0 Å². The first-order chi connectivity index (χ1) is 15.8. The number of nitrogens with zero attached hydrogens (tertiary/aromatic N) is 2. The van der Waals surface area contributed by atoms with Crippen molar-refractivity contribution in [2.24, 2.45) is 0 Å². The molecule has 34 heavy (non-hydrogen) atoms. The number of nitrogens with one attached hydrogen (secondary N) is 1. The van der Waals surface area contributed by atoms with Gasteiger partial charge in [-0.25, -0.2) is 8.42 Å². The molecule has 0 aliphatic heterocycles. The number of amides is 2. The summed E-state index contributed by atoms with van der Waals surface area (Å²) in [6.07, 6.45) is 1.40. The summed E-state index contributed by atoms with van der Waals surface area (Å²) in [5, 5.41) is 3.86. The largest absolute Gasteiger partial charge is 0.352 e. The van der Waals surface area contributed by atoms with Gasteiger partial charge in [-0.1, -0.05) is 42.3 Å². The predicted octanol–water partition coefficient (Wildman–Crippen LogP) is 4.40. The second kappa shape index (κ2) is 11.9. The van der Waals surface area contributed by atoms with Gasteiger partial charge < -0.3 is 10.2 Å². The first-order valence-corrected chi connectivity index (χ1v) is 13.5. The summed E-state index contributed by atoms with van der Waals surface area (Å²) in [6, 6.07) is 10.8. The Morgan fingerprint density at radius 1 is 1.03 bits per heavy atom. The van der Waals surface area contributed by atoms with Gasteiger partial charge in [-0.2, -0.15) is 0 Å². The maximum absolute atomic E-state index is 13.6. The van der Waals surface area contributed by atoms with E-state index in [1.54, 1.807) is 49.4 Å². The van der Waals surface area contributed by atoms with E-state index in [9.17, 15) is 18.0 Å². The molecule has 2 rings (SSSR count). The summed E-state index contributed by atoms with van der Waals surface area (Å²) in [5.41, 5.74) is 1.73. The second-order valence-corrected chi connectivity index (χ2v) is 11.2. The minimum atomic E-state index is -3.81. The van der Waals surface area contributed by atoms with Gasteiger partial charge in [-0.3, -0.25) is 13.9 Å². The molecule has 186 valence electrons. The number of carbonyl (C=O) groups is 2. The summed E-state index contributed by atoms with van der Waals surface area (Å²) in [7, 11) is -3.81. The monoisotopic (exact) mass is 527 g/mol. The Morgan fingerprint density at radius 3 is 2.12 bits per heavy atom. The molecule has 0 aliphatic carbocycles. The third-order valence-electron chi connectivity index (χ3n) is 5.19. The Balaban J connectivity index is 2.46. The number of hydrogen-bond acceptors (Lipinski definition) is 4. The molecule has 2 aromatic carbocycles. The van der Waals surface area contributed by atoms with Gasteiger partial charge in [0.15, 0.2) is 0 Å². The second-order valence-electron chi connectivity index (χ2n) is 8.44. The number of hydrogen-bond donors (Lipinski definition) is 1. The van der Waals surface area contributed by atoms with Crippen LogP contribution in [0.25, 0.3) is 0 Å². The molecule has 0 heterocycles. The fraction of sp³-hybridized carbons (Fsp3) is 0.417. The van der Waals surface area contributed by atoms with Crippen molar-refractivity contribution in [3.8, 4) is 0 Å². The lowest BCUT2D eigenvalue weighted by molar-refractivity contribution is -0.140. The molecule has 2 amide bonds. The minimum Gasteiger partial charge on any atom is -0.352 e. The highest BCUT2D eigenvalue weighted by Crippen LogP contribution is 2.26. The van der Waals surface area contributed by atoms with E-state index in [0.717, 1.165) is 16.1 Å². The van der Waals surface area contributed by atoms with Crippen molar-refractivity contribution in [1.82, 2.24) is 10.2 Å². The molecule has 0 saturated carbocycles. The Kier molecular flexibility index (Phi) is 9.79. The molecule has 0 aromatic heterocycles. The third-order valence-corrected chi connectivity index (χ3v) is 6.80. The van der Waals surface area contributed by atoms with Crippen LogP contribution >= 0.6 is 23.2 Å². The van der Waals surface area contributed by atoms with Crippen LogP contribution in [-0.2, 0) is 26.2 Å². The van der Waals surface area contributed by atoms with Gasteiger partial charge >= 0.3 is 0 Å². The smallest absolute Gasteiger partial charge is 0.244 e. The van der Waals surface area contributed by atoms with Crippen LogP contribution in [0.1, 0.15) is 38.3 Å². The van der Waals surface area contributed by atoms with E-state index in [2.05, 4.69) is 5.32 Å². The number of rotatable bonds is 10. The highest BCUT2D eigenvalue weighted by Gasteiger charge is 2.32. The summed E-state index contributed by atoms with van der Waals surface area (Å²) < 4.78 is 26.4. The van der Waals surface area contributed by atoms with Gasteiger partial charge in [0.1, 0.15) is 12.6 Å². The number of anilines is 1. The molecule has 0 aliphatic rings. The van der Waals surface area contributed by atoms with Gasteiger partial charge in [-0.05, 0) is 68.7 Å². The Hall–Kier alpha value is -2.29. The lowest BCUT2D eigenvalue weighted by Crippen LogP contribution is -2.53. The van der Waals surface area contributed by atoms with Gasteiger partial charge in [0.05, 0.1) is 11.9 Å². The van der Waals surface area contributed by atoms with E-state index < -0.39 is 28.5 Å². The van der Waals surface area contributed by atoms with E-state index in [-0.39, 0.29) is 18.5 Å². The Bertz CT molecular complexity index is 1120. The zero-order valence-corrected chi connectivity index (χ0v) is 22.3. The molecular weight excluding hydrogens is 497 g/mol. The van der Waals surface area contributed by atoms with Crippen LogP contribution in [0.5, 0.6) is 0 Å². The van der Waals surface area contributed by atoms with Crippen molar-refractivity contribution in [2.75, 3.05) is 17.1 Å². The molecule has 0 spiro atoms. The average Bonchev–Trinajstić information content (AvgIpc) is 2.72. The molecule has 0 fully saturated rings. The third kappa shape index (κ3) is 7.61. The van der Waals surface area contributed by atoms with Crippen LogP contribution in [0, 0.1) is 6.92 Å². The van der Waals surface area contributed by atoms with Crippen molar-refractivity contribution in [2.45, 2.75) is 52.7 Å². The van der Waals surface area contributed by atoms with Crippen LogP contribution in [0.4, 0.5) is 5.69 Å². The SMILES string of the molecule is CC[C@@H](C(=O)NC(C)C)N(Cc1ccc(Cl)cc1)C(=O)CN(c1ccc(Cl)cc1C)S(C)(=O)=O. The van der Waals surface area contributed by atoms with Crippen molar-refractivity contribution >= 4 is 50.7 Å². The molecule has 2 aromatic rings. The van der Waals surface area contributed by atoms with E-state index in [1.807, 2.05) is 20.8 Å². The molecule has 1 N–H and O–H groups in total. The van der Waals surface area contributed by atoms with Crippen molar-refractivity contribution in [1.29, 1.82) is 0 Å². The van der Waals surface area contributed by atoms with Crippen molar-refractivity contribution < 1.29 is 18.0 Å². The zero-order chi connectivity index (χ0) is 25.6. The molecule has 0 bridgehead atoms. The highest BCUT2D eigenvalue weighted by atomic mass is 35.5. The fourth-order valence-electron chi connectivity index (χ4n) is 3.58. The lowest BCUT2D eigenvalue weighted by atomic mass is 10.1. The fourth-order valence-corrected chi connectivity index (χ4v) is 4.84. The van der Waals surface area contributed by atoms with Crippen molar-refractivity contribution in [3.63, 3.8) is 0 Å². The van der Waals surface area contributed by atoms with Gasteiger partial charge in [0, 0.05) is 22.6 Å². The van der Waals surface area contributed by atoms with Crippen LogP contribution < -0.4 is 9.62 Å². The number of carbonyl (C=O) groups excluding carboxylic acids is 2. The molecule has 0 unspecified atom stereocenters. The number of sulfonamides is 1. The van der Waals surface area contributed by atoms with E-state index in [0.29, 0.717) is 27.7 Å². The first kappa shape index (κ1) is 28.0. The summed E-state index contributed by atoms with van der Waals surface area (Å²) >= 11 is 12.0. The molecule has 0 radical (unpaired) electrons. The molecular formula is C24H31Cl2N3O4S. The normalized spacial score (nSPS) is 12.4. The Labute approximate surface area is 212 Å². The predicted molar refractivity (Wildman–Crippen MR) is 138 cm³/mol. The van der Waals surface area contributed by atoms with Crippen molar-refractivity contribution in [3.05, 3.63) is 63.6 Å². The maximum Gasteiger partial charge on any atom is 0.244 e. The summed E-state index contributed by atoms with van der Waals surface area (Å²) in [5.74, 6) is -0.797. The van der Waals surface area contributed by atoms with Gasteiger partial charge in [-0.15, -0.1) is 0 Å². The quantitative estimate of drug-likeness (QED) is 0.495. The van der Waals surface area contributed by atoms with Crippen LogP contribution in [-0.4, -0.2) is 50.0 Å². The van der Waals surface area contributed by atoms with Crippen LogP contribution in [0.2, 0.25) is 10.0 Å². The molecule has 1 atom stereocenters. The zero-order valence-electron chi connectivity index (χ0n) is 20.0. The molecule has 10 heteroatoms. The van der Waals surface area contributed by atoms with Crippen LogP contribution in [0.3, 0.4) is 0 Å². The van der Waals surface area contributed by atoms with E-state index in [1.165, 1.54) is 4.90 Å². The number of benzene rings is 2. The van der Waals surface area contributed by atoms with E-state index in [4.69, 9.17) is 23.2 Å². The first-order valence-electron chi connectivity index (χ1n) is 10.9. The van der Waals surface area contributed by atoms with Gasteiger partial charge in [0.2, 0.25) is 21.8 Å². The maximum atomic E-state index is 13.6. The minimum absolute atomic E-state index is 0.113.